The van der Waals surface area contributed by atoms with E-state index in [0.717, 1.165) is 5.56 Å². The van der Waals surface area contributed by atoms with E-state index in [0.29, 0.717) is 17.1 Å². The van der Waals surface area contributed by atoms with E-state index >= 15 is 0 Å². The summed E-state index contributed by atoms with van der Waals surface area (Å²) in [7, 11) is 2.95. The van der Waals surface area contributed by atoms with E-state index in [-0.39, 0.29) is 18.3 Å². The molecule has 1 aromatic rings. The van der Waals surface area contributed by atoms with Crippen molar-refractivity contribution in [3.63, 3.8) is 0 Å². The first-order valence-corrected chi connectivity index (χ1v) is 5.92. The van der Waals surface area contributed by atoms with Gasteiger partial charge in [0.2, 0.25) is 0 Å². The summed E-state index contributed by atoms with van der Waals surface area (Å²) in [6, 6.07) is 5.25. The number of nitrogens with zero attached hydrogens (tertiary/aromatic N) is 1. The maximum absolute atomic E-state index is 12.1. The fraction of sp³-hybridized carbons (Fsp3) is 0.385. The Kier molecular flexibility index (Phi) is 5.16. The van der Waals surface area contributed by atoms with Crippen molar-refractivity contribution in [3.8, 4) is 0 Å². The number of carbonyl (C=O) groups excluding carboxylic acids is 2. The van der Waals surface area contributed by atoms with Gasteiger partial charge in [0.15, 0.2) is 0 Å². The van der Waals surface area contributed by atoms with Gasteiger partial charge in [-0.2, -0.15) is 0 Å². The Labute approximate surface area is 111 Å². The first kappa shape index (κ1) is 14.5. The van der Waals surface area contributed by atoms with Crippen molar-refractivity contribution < 1.29 is 14.3 Å². The molecule has 18 heavy (non-hydrogen) atoms. The minimum Gasteiger partial charge on any atom is -0.469 e. The van der Waals surface area contributed by atoms with Gasteiger partial charge in [-0.25, -0.2) is 0 Å². The number of halogens is 1. The van der Waals surface area contributed by atoms with Crippen molar-refractivity contribution >= 4 is 23.5 Å². The molecule has 0 fully saturated rings. The number of carbonyl (C=O) groups is 2. The van der Waals surface area contributed by atoms with Crippen LogP contribution in [0.2, 0.25) is 5.02 Å². The largest absolute Gasteiger partial charge is 0.469 e. The van der Waals surface area contributed by atoms with Gasteiger partial charge < -0.3 is 9.64 Å². The van der Waals surface area contributed by atoms with Gasteiger partial charge in [-0.15, -0.1) is 0 Å². The third-order valence-corrected chi connectivity index (χ3v) is 2.89. The Morgan fingerprint density at radius 1 is 1.39 bits per heavy atom. The van der Waals surface area contributed by atoms with E-state index in [1.165, 1.54) is 12.0 Å². The number of hydrogen-bond acceptors (Lipinski definition) is 3. The number of amides is 1. The molecule has 5 heteroatoms. The molecule has 0 aliphatic rings. The average Bonchev–Trinajstić information content (AvgIpc) is 2.34. The first-order valence-electron chi connectivity index (χ1n) is 5.54. The van der Waals surface area contributed by atoms with Crippen LogP contribution in [0.4, 0.5) is 0 Å². The summed E-state index contributed by atoms with van der Waals surface area (Å²) in [5.74, 6) is -0.548. The molecular weight excluding hydrogens is 254 g/mol. The van der Waals surface area contributed by atoms with Gasteiger partial charge in [-0.05, 0) is 24.6 Å². The Hall–Kier alpha value is -1.55. The molecule has 0 spiro atoms. The summed E-state index contributed by atoms with van der Waals surface area (Å²) in [6.45, 7) is 2.21. The van der Waals surface area contributed by atoms with Crippen LogP contribution in [0.3, 0.4) is 0 Å². The van der Waals surface area contributed by atoms with Crippen molar-refractivity contribution in [2.45, 2.75) is 13.3 Å². The minimum atomic E-state index is -0.343. The normalized spacial score (nSPS) is 10.0. The van der Waals surface area contributed by atoms with Gasteiger partial charge >= 0.3 is 5.97 Å². The lowest BCUT2D eigenvalue weighted by Gasteiger charge is -2.17. The molecule has 1 amide bonds. The number of rotatable bonds is 4. The molecule has 0 radical (unpaired) electrons. The topological polar surface area (TPSA) is 46.6 Å². The van der Waals surface area contributed by atoms with E-state index in [1.54, 1.807) is 19.2 Å². The Balaban J connectivity index is 2.71. The number of hydrogen-bond donors (Lipinski definition) is 0. The predicted octanol–water partition coefficient (Wildman–Crippen LogP) is 2.28. The van der Waals surface area contributed by atoms with Gasteiger partial charge in [0.05, 0.1) is 24.1 Å². The molecule has 0 bridgehead atoms. The highest BCUT2D eigenvalue weighted by molar-refractivity contribution is 6.33. The predicted molar refractivity (Wildman–Crippen MR) is 69.8 cm³/mol. The molecule has 0 saturated heterocycles. The molecular formula is C13H16ClNO3. The highest BCUT2D eigenvalue weighted by atomic mass is 35.5. The van der Waals surface area contributed by atoms with Gasteiger partial charge in [-0.3, -0.25) is 9.59 Å². The van der Waals surface area contributed by atoms with E-state index in [4.69, 9.17) is 11.6 Å². The lowest BCUT2D eigenvalue weighted by atomic mass is 10.1. The number of aryl methyl sites for hydroxylation is 1. The van der Waals surface area contributed by atoms with Gasteiger partial charge in [-0.1, -0.05) is 17.7 Å². The summed E-state index contributed by atoms with van der Waals surface area (Å²) >= 11 is 6.02. The Morgan fingerprint density at radius 3 is 2.61 bits per heavy atom. The first-order chi connectivity index (χ1) is 8.45. The monoisotopic (exact) mass is 269 g/mol. The highest BCUT2D eigenvalue weighted by Gasteiger charge is 2.15. The van der Waals surface area contributed by atoms with E-state index in [1.807, 2.05) is 13.0 Å². The fourth-order valence-corrected chi connectivity index (χ4v) is 1.78. The molecule has 0 saturated carbocycles. The second-order valence-electron chi connectivity index (χ2n) is 4.04. The van der Waals surface area contributed by atoms with Crippen molar-refractivity contribution in [2.24, 2.45) is 0 Å². The second-order valence-corrected chi connectivity index (χ2v) is 4.44. The van der Waals surface area contributed by atoms with Crippen LogP contribution < -0.4 is 0 Å². The summed E-state index contributed by atoms with van der Waals surface area (Å²) in [6.07, 6.45) is 0.169. The summed E-state index contributed by atoms with van der Waals surface area (Å²) < 4.78 is 4.52. The van der Waals surface area contributed by atoms with Crippen LogP contribution in [0.5, 0.6) is 0 Å². The lowest BCUT2D eigenvalue weighted by Crippen LogP contribution is -2.29. The third-order valence-electron chi connectivity index (χ3n) is 2.58. The summed E-state index contributed by atoms with van der Waals surface area (Å²) in [4.78, 5) is 24.5. The van der Waals surface area contributed by atoms with Crippen LogP contribution in [-0.2, 0) is 9.53 Å². The smallest absolute Gasteiger partial charge is 0.307 e. The fourth-order valence-electron chi connectivity index (χ4n) is 1.46. The molecule has 4 nitrogen and oxygen atoms in total. The minimum absolute atomic E-state index is 0.169. The van der Waals surface area contributed by atoms with Crippen LogP contribution in [0.1, 0.15) is 22.3 Å². The maximum Gasteiger partial charge on any atom is 0.307 e. The van der Waals surface area contributed by atoms with Crippen LogP contribution in [0, 0.1) is 6.92 Å². The standard InChI is InChI=1S/C13H16ClNO3/c1-9-4-5-10(11(14)8-9)13(17)15(2)7-6-12(16)18-3/h4-5,8H,6-7H2,1-3H3. The maximum atomic E-state index is 12.1. The van der Waals surface area contributed by atoms with Crippen molar-refractivity contribution in [1.29, 1.82) is 0 Å². The molecule has 0 aliphatic carbocycles. The molecule has 0 aromatic heterocycles. The molecule has 1 rings (SSSR count). The molecule has 0 heterocycles. The Bertz CT molecular complexity index is 460. The van der Waals surface area contributed by atoms with Crippen molar-refractivity contribution in [3.05, 3.63) is 34.3 Å². The number of benzene rings is 1. The van der Waals surface area contributed by atoms with Gasteiger partial charge in [0.25, 0.3) is 5.91 Å². The van der Waals surface area contributed by atoms with Crippen LogP contribution >= 0.6 is 11.6 Å². The zero-order chi connectivity index (χ0) is 13.7. The van der Waals surface area contributed by atoms with Crippen LogP contribution in [0.25, 0.3) is 0 Å². The SMILES string of the molecule is COC(=O)CCN(C)C(=O)c1ccc(C)cc1Cl. The Morgan fingerprint density at radius 2 is 2.06 bits per heavy atom. The van der Waals surface area contributed by atoms with Crippen molar-refractivity contribution in [2.75, 3.05) is 20.7 Å². The van der Waals surface area contributed by atoms with Gasteiger partial charge in [0.1, 0.15) is 0 Å². The zero-order valence-corrected chi connectivity index (χ0v) is 11.5. The van der Waals surface area contributed by atoms with Crippen LogP contribution in [-0.4, -0.2) is 37.5 Å². The van der Waals surface area contributed by atoms with E-state index in [2.05, 4.69) is 4.74 Å². The third kappa shape index (κ3) is 3.74. The average molecular weight is 270 g/mol. The highest BCUT2D eigenvalue weighted by Crippen LogP contribution is 2.19. The van der Waals surface area contributed by atoms with E-state index < -0.39 is 0 Å². The van der Waals surface area contributed by atoms with Crippen LogP contribution in [0.15, 0.2) is 18.2 Å². The molecule has 0 aliphatic heterocycles. The summed E-state index contributed by atoms with van der Waals surface area (Å²) in [5.41, 5.74) is 1.43. The van der Waals surface area contributed by atoms with E-state index in [9.17, 15) is 9.59 Å². The second kappa shape index (κ2) is 6.40. The quantitative estimate of drug-likeness (QED) is 0.788. The summed E-state index contributed by atoms with van der Waals surface area (Å²) in [5, 5.41) is 0.421. The molecule has 0 atom stereocenters. The number of methoxy groups -OCH3 is 1. The molecule has 0 unspecified atom stereocenters. The zero-order valence-electron chi connectivity index (χ0n) is 10.7. The molecule has 98 valence electrons. The lowest BCUT2D eigenvalue weighted by molar-refractivity contribution is -0.140. The van der Waals surface area contributed by atoms with Crippen molar-refractivity contribution in [1.82, 2.24) is 4.90 Å². The molecule has 0 N–H and O–H groups in total. The van der Waals surface area contributed by atoms with Gasteiger partial charge in [0, 0.05) is 13.6 Å². The number of ether oxygens (including phenoxy) is 1. The number of esters is 1. The molecule has 1 aromatic carbocycles.